The minimum atomic E-state index is 0.651. The third kappa shape index (κ3) is 1.43. The van der Waals surface area contributed by atoms with E-state index in [9.17, 15) is 0 Å². The van der Waals surface area contributed by atoms with Crippen molar-refractivity contribution in [2.45, 2.75) is 59.8 Å². The molecule has 1 unspecified atom stereocenters. The fourth-order valence-corrected chi connectivity index (χ4v) is 3.47. The molecule has 0 nitrogen and oxygen atoms in total. The Morgan fingerprint density at radius 3 is 1.77 bits per heavy atom. The summed E-state index contributed by atoms with van der Waals surface area (Å²) in [5, 5.41) is 0. The first-order chi connectivity index (χ1) is 5.96. The molecule has 0 saturated heterocycles. The predicted molar refractivity (Wildman–Crippen MR) is 57.6 cm³/mol. The van der Waals surface area contributed by atoms with Gasteiger partial charge in [-0.15, -0.1) is 0 Å². The molecule has 2 fully saturated rings. The van der Waals surface area contributed by atoms with Gasteiger partial charge in [0.2, 0.25) is 0 Å². The van der Waals surface area contributed by atoms with Crippen molar-refractivity contribution in [3.8, 4) is 0 Å². The molecule has 13 heavy (non-hydrogen) atoms. The molecule has 2 rings (SSSR count). The molecule has 0 N–H and O–H groups in total. The van der Waals surface area contributed by atoms with E-state index in [2.05, 4.69) is 27.7 Å². The first kappa shape index (κ1) is 9.55. The van der Waals surface area contributed by atoms with Crippen LogP contribution >= 0.6 is 0 Å². The fraction of sp³-hybridized carbons (Fsp3) is 1.00. The normalized spacial score (nSPS) is 48.9. The molecule has 0 bridgehead atoms. The van der Waals surface area contributed by atoms with Crippen LogP contribution in [0.15, 0.2) is 0 Å². The largest absolute Gasteiger partial charge is 0.0625 e. The van der Waals surface area contributed by atoms with Crippen LogP contribution in [0.2, 0.25) is 0 Å². The molecule has 0 heteroatoms. The van der Waals surface area contributed by atoms with Gasteiger partial charge in [0.05, 0.1) is 0 Å². The molecule has 0 aromatic rings. The Kier molecular flexibility index (Phi) is 2.02. The lowest BCUT2D eigenvalue weighted by molar-refractivity contribution is 0.176. The van der Waals surface area contributed by atoms with Crippen molar-refractivity contribution in [2.24, 2.45) is 22.7 Å². The maximum absolute atomic E-state index is 2.52. The SMILES string of the molecule is CC1CCC(C2(C)CC2(C)C)CC1. The van der Waals surface area contributed by atoms with Crippen LogP contribution in [0, 0.1) is 22.7 Å². The quantitative estimate of drug-likeness (QED) is 0.566. The molecule has 0 spiro atoms. The molecule has 0 aromatic carbocycles. The van der Waals surface area contributed by atoms with Crippen LogP contribution in [-0.2, 0) is 0 Å². The van der Waals surface area contributed by atoms with E-state index in [1.54, 1.807) is 0 Å². The van der Waals surface area contributed by atoms with Crippen molar-refractivity contribution in [3.63, 3.8) is 0 Å². The summed E-state index contributed by atoms with van der Waals surface area (Å²) in [6.45, 7) is 9.83. The van der Waals surface area contributed by atoms with E-state index in [-0.39, 0.29) is 0 Å². The lowest BCUT2D eigenvalue weighted by atomic mass is 9.72. The second-order valence-electron chi connectivity index (χ2n) is 6.43. The average molecular weight is 180 g/mol. The first-order valence-corrected chi connectivity index (χ1v) is 5.96. The summed E-state index contributed by atoms with van der Waals surface area (Å²) in [6.07, 6.45) is 7.44. The van der Waals surface area contributed by atoms with Gasteiger partial charge in [0, 0.05) is 0 Å². The topological polar surface area (TPSA) is 0 Å². The van der Waals surface area contributed by atoms with Gasteiger partial charge in [0.25, 0.3) is 0 Å². The van der Waals surface area contributed by atoms with Gasteiger partial charge in [0.1, 0.15) is 0 Å². The van der Waals surface area contributed by atoms with E-state index < -0.39 is 0 Å². The van der Waals surface area contributed by atoms with Gasteiger partial charge in [-0.1, -0.05) is 40.5 Å². The van der Waals surface area contributed by atoms with Crippen molar-refractivity contribution in [3.05, 3.63) is 0 Å². The summed E-state index contributed by atoms with van der Waals surface area (Å²) in [4.78, 5) is 0. The van der Waals surface area contributed by atoms with Crippen molar-refractivity contribution >= 4 is 0 Å². The van der Waals surface area contributed by atoms with Gasteiger partial charge in [-0.05, 0) is 41.9 Å². The zero-order valence-corrected chi connectivity index (χ0v) is 9.69. The Balaban J connectivity index is 1.96. The highest BCUT2D eigenvalue weighted by molar-refractivity contribution is 5.10. The van der Waals surface area contributed by atoms with Gasteiger partial charge in [0.15, 0.2) is 0 Å². The van der Waals surface area contributed by atoms with E-state index in [4.69, 9.17) is 0 Å². The summed E-state index contributed by atoms with van der Waals surface area (Å²) in [6, 6.07) is 0. The summed E-state index contributed by atoms with van der Waals surface area (Å²) in [7, 11) is 0. The van der Waals surface area contributed by atoms with Crippen molar-refractivity contribution in [1.82, 2.24) is 0 Å². The number of rotatable bonds is 1. The smallest absolute Gasteiger partial charge is 0.0241 e. The highest BCUT2D eigenvalue weighted by Gasteiger charge is 2.60. The van der Waals surface area contributed by atoms with E-state index in [1.165, 1.54) is 32.1 Å². The van der Waals surface area contributed by atoms with Crippen LogP contribution < -0.4 is 0 Å². The van der Waals surface area contributed by atoms with E-state index >= 15 is 0 Å². The summed E-state index contributed by atoms with van der Waals surface area (Å²) in [5.41, 5.74) is 1.35. The van der Waals surface area contributed by atoms with Crippen LogP contribution in [0.1, 0.15) is 59.8 Å². The molecule has 0 aromatic heterocycles. The van der Waals surface area contributed by atoms with Crippen LogP contribution in [0.5, 0.6) is 0 Å². The predicted octanol–water partition coefficient (Wildman–Crippen LogP) is 4.25. The molecule has 2 saturated carbocycles. The minimum absolute atomic E-state index is 0.651. The Morgan fingerprint density at radius 2 is 1.38 bits per heavy atom. The van der Waals surface area contributed by atoms with Crippen LogP contribution in [-0.4, -0.2) is 0 Å². The third-order valence-corrected chi connectivity index (χ3v) is 5.15. The maximum Gasteiger partial charge on any atom is -0.0241 e. The summed E-state index contributed by atoms with van der Waals surface area (Å²) < 4.78 is 0. The molecular formula is C13H24. The monoisotopic (exact) mass is 180 g/mol. The van der Waals surface area contributed by atoms with Gasteiger partial charge < -0.3 is 0 Å². The molecule has 0 heterocycles. The highest BCUT2D eigenvalue weighted by atomic mass is 14.7. The first-order valence-electron chi connectivity index (χ1n) is 5.96. The molecular weight excluding hydrogens is 156 g/mol. The lowest BCUT2D eigenvalue weighted by Gasteiger charge is -2.33. The van der Waals surface area contributed by atoms with Gasteiger partial charge >= 0.3 is 0 Å². The van der Waals surface area contributed by atoms with Gasteiger partial charge in [-0.3, -0.25) is 0 Å². The second kappa shape index (κ2) is 2.74. The van der Waals surface area contributed by atoms with E-state index in [0.717, 1.165) is 11.8 Å². The molecule has 76 valence electrons. The average Bonchev–Trinajstić information content (AvgIpc) is 2.53. The standard InChI is InChI=1S/C13H24/c1-10-5-7-11(8-6-10)13(4)9-12(13,2)3/h10-11H,5-9H2,1-4H3. The van der Waals surface area contributed by atoms with Crippen LogP contribution in [0.25, 0.3) is 0 Å². The molecule has 0 radical (unpaired) electrons. The van der Waals surface area contributed by atoms with E-state index in [1.807, 2.05) is 0 Å². The Bertz CT molecular complexity index is 196. The Hall–Kier alpha value is 0. The zero-order chi connectivity index (χ0) is 9.69. The zero-order valence-electron chi connectivity index (χ0n) is 9.69. The Morgan fingerprint density at radius 1 is 0.923 bits per heavy atom. The second-order valence-corrected chi connectivity index (χ2v) is 6.43. The number of hydrogen-bond acceptors (Lipinski definition) is 0. The van der Waals surface area contributed by atoms with E-state index in [0.29, 0.717) is 10.8 Å². The molecule has 0 amide bonds. The van der Waals surface area contributed by atoms with Crippen LogP contribution in [0.4, 0.5) is 0 Å². The van der Waals surface area contributed by atoms with Crippen molar-refractivity contribution in [2.75, 3.05) is 0 Å². The fourth-order valence-electron chi connectivity index (χ4n) is 3.47. The Labute approximate surface area is 83.1 Å². The molecule has 2 aliphatic rings. The maximum atomic E-state index is 2.52. The minimum Gasteiger partial charge on any atom is -0.0625 e. The highest BCUT2D eigenvalue weighted by Crippen LogP contribution is 2.69. The number of hydrogen-bond donors (Lipinski definition) is 0. The third-order valence-electron chi connectivity index (χ3n) is 5.15. The molecule has 0 aliphatic heterocycles. The van der Waals surface area contributed by atoms with Crippen molar-refractivity contribution < 1.29 is 0 Å². The lowest BCUT2D eigenvalue weighted by Crippen LogP contribution is -2.23. The molecule has 2 aliphatic carbocycles. The summed E-state index contributed by atoms with van der Waals surface area (Å²) >= 11 is 0. The van der Waals surface area contributed by atoms with Crippen LogP contribution in [0.3, 0.4) is 0 Å². The van der Waals surface area contributed by atoms with Gasteiger partial charge in [-0.25, -0.2) is 0 Å². The summed E-state index contributed by atoms with van der Waals surface area (Å²) in [5.74, 6) is 2.04. The molecule has 1 atom stereocenters. The van der Waals surface area contributed by atoms with Crippen molar-refractivity contribution in [1.29, 1.82) is 0 Å². The van der Waals surface area contributed by atoms with Gasteiger partial charge in [-0.2, -0.15) is 0 Å².